The van der Waals surface area contributed by atoms with Crippen LogP contribution in [0.3, 0.4) is 0 Å². The number of benzene rings is 1. The van der Waals surface area contributed by atoms with Gasteiger partial charge in [-0.05, 0) is 36.4 Å². The molecule has 8 heteroatoms. The van der Waals surface area contributed by atoms with Crippen molar-refractivity contribution in [3.05, 3.63) is 64.6 Å². The molecule has 0 radical (unpaired) electrons. The number of furan rings is 1. The molecular formula is C19H17N3O4S. The summed E-state index contributed by atoms with van der Waals surface area (Å²) in [4.78, 5) is 32.1. The maximum Gasteiger partial charge on any atom is 0.293 e. The summed E-state index contributed by atoms with van der Waals surface area (Å²) in [5.41, 5.74) is 1.55. The van der Waals surface area contributed by atoms with Crippen molar-refractivity contribution in [2.24, 2.45) is 0 Å². The summed E-state index contributed by atoms with van der Waals surface area (Å²) >= 11 is 1.38. The Balaban J connectivity index is 1.45. The number of fused-ring (bicyclic) bond motifs is 1. The number of anilines is 1. The second-order valence-corrected chi connectivity index (χ2v) is 7.11. The van der Waals surface area contributed by atoms with Crippen LogP contribution in [0, 0.1) is 0 Å². The molecule has 0 unspecified atom stereocenters. The van der Waals surface area contributed by atoms with Crippen molar-refractivity contribution in [2.75, 3.05) is 19.0 Å². The lowest BCUT2D eigenvalue weighted by molar-refractivity contribution is 0.0736. The average molecular weight is 383 g/mol. The summed E-state index contributed by atoms with van der Waals surface area (Å²) < 4.78 is 10.2. The molecule has 27 heavy (non-hydrogen) atoms. The first-order valence-electron chi connectivity index (χ1n) is 8.41. The number of hydrogen-bond donors (Lipinski definition) is 1. The zero-order valence-corrected chi connectivity index (χ0v) is 15.4. The Morgan fingerprint density at radius 3 is 2.78 bits per heavy atom. The number of amides is 2. The van der Waals surface area contributed by atoms with Crippen molar-refractivity contribution in [3.8, 4) is 5.75 Å². The fourth-order valence-corrected chi connectivity index (χ4v) is 3.92. The number of rotatable bonds is 4. The maximum atomic E-state index is 12.7. The van der Waals surface area contributed by atoms with Gasteiger partial charge in [0.15, 0.2) is 10.9 Å². The van der Waals surface area contributed by atoms with Crippen LogP contribution in [-0.2, 0) is 13.0 Å². The molecule has 4 rings (SSSR count). The molecule has 1 aliphatic rings. The van der Waals surface area contributed by atoms with Gasteiger partial charge in [-0.25, -0.2) is 4.98 Å². The van der Waals surface area contributed by atoms with Crippen LogP contribution in [0.25, 0.3) is 0 Å². The molecule has 0 bridgehead atoms. The van der Waals surface area contributed by atoms with E-state index in [1.807, 2.05) is 0 Å². The number of nitrogens with one attached hydrogen (secondary N) is 1. The van der Waals surface area contributed by atoms with Crippen LogP contribution in [0.5, 0.6) is 5.75 Å². The van der Waals surface area contributed by atoms with Crippen molar-refractivity contribution < 1.29 is 18.7 Å². The standard InChI is InChI=1S/C19H17N3O4S/c1-25-13-6-4-12(5-7-13)18(24)22-9-8-14-16(11-22)27-19(20-14)21-17(23)15-3-2-10-26-15/h2-7,10H,8-9,11H2,1H3,(H,20,21,23). The zero-order chi connectivity index (χ0) is 18.8. The number of methoxy groups -OCH3 is 1. The molecule has 0 spiro atoms. The van der Waals surface area contributed by atoms with Gasteiger partial charge in [-0.15, -0.1) is 0 Å². The predicted molar refractivity (Wildman–Crippen MR) is 100 cm³/mol. The fraction of sp³-hybridized carbons (Fsp3) is 0.211. The minimum absolute atomic E-state index is 0.0297. The molecule has 2 amide bonds. The van der Waals surface area contributed by atoms with Crippen LogP contribution in [0.15, 0.2) is 47.1 Å². The Morgan fingerprint density at radius 1 is 1.26 bits per heavy atom. The number of nitrogens with zero attached hydrogens (tertiary/aromatic N) is 2. The minimum atomic E-state index is -0.336. The van der Waals surface area contributed by atoms with Crippen LogP contribution in [0.4, 0.5) is 5.13 Å². The van der Waals surface area contributed by atoms with E-state index >= 15 is 0 Å². The highest BCUT2D eigenvalue weighted by molar-refractivity contribution is 7.15. The summed E-state index contributed by atoms with van der Waals surface area (Å²) in [5, 5.41) is 3.26. The Hall–Kier alpha value is -3.13. The molecule has 7 nitrogen and oxygen atoms in total. The molecule has 1 N–H and O–H groups in total. The smallest absolute Gasteiger partial charge is 0.293 e. The second kappa shape index (κ2) is 7.24. The van der Waals surface area contributed by atoms with E-state index in [4.69, 9.17) is 9.15 Å². The quantitative estimate of drug-likeness (QED) is 0.748. The van der Waals surface area contributed by atoms with Gasteiger partial charge in [0, 0.05) is 23.4 Å². The van der Waals surface area contributed by atoms with Crippen molar-refractivity contribution >= 4 is 28.3 Å². The van der Waals surface area contributed by atoms with Crippen LogP contribution in [0.1, 0.15) is 31.5 Å². The summed E-state index contributed by atoms with van der Waals surface area (Å²) in [6, 6.07) is 10.3. The fourth-order valence-electron chi connectivity index (χ4n) is 2.90. The first kappa shape index (κ1) is 17.3. The van der Waals surface area contributed by atoms with Gasteiger partial charge in [-0.1, -0.05) is 11.3 Å². The van der Waals surface area contributed by atoms with E-state index in [-0.39, 0.29) is 17.6 Å². The lowest BCUT2D eigenvalue weighted by Gasteiger charge is -2.26. The van der Waals surface area contributed by atoms with E-state index in [1.165, 1.54) is 17.6 Å². The molecule has 1 aromatic carbocycles. The highest BCUT2D eigenvalue weighted by atomic mass is 32.1. The third kappa shape index (κ3) is 3.56. The normalized spacial score (nSPS) is 13.1. The Morgan fingerprint density at radius 2 is 2.07 bits per heavy atom. The Bertz CT molecular complexity index is 964. The number of carbonyl (C=O) groups is 2. The molecule has 3 aromatic rings. The number of aromatic nitrogens is 1. The number of carbonyl (C=O) groups excluding carboxylic acids is 2. The van der Waals surface area contributed by atoms with E-state index < -0.39 is 0 Å². The van der Waals surface area contributed by atoms with E-state index in [0.717, 1.165) is 10.6 Å². The first-order valence-corrected chi connectivity index (χ1v) is 9.22. The molecule has 0 aliphatic carbocycles. The Kier molecular flexibility index (Phi) is 4.64. The topological polar surface area (TPSA) is 84.7 Å². The van der Waals surface area contributed by atoms with Gasteiger partial charge in [-0.3, -0.25) is 14.9 Å². The van der Waals surface area contributed by atoms with Gasteiger partial charge in [0.25, 0.3) is 11.8 Å². The number of ether oxygens (including phenoxy) is 1. The van der Waals surface area contributed by atoms with E-state index in [9.17, 15) is 9.59 Å². The maximum absolute atomic E-state index is 12.7. The second-order valence-electron chi connectivity index (χ2n) is 6.03. The highest BCUT2D eigenvalue weighted by Crippen LogP contribution is 2.29. The van der Waals surface area contributed by atoms with Crippen molar-refractivity contribution in [1.29, 1.82) is 0 Å². The van der Waals surface area contributed by atoms with Gasteiger partial charge >= 0.3 is 0 Å². The van der Waals surface area contributed by atoms with E-state index in [2.05, 4.69) is 10.3 Å². The highest BCUT2D eigenvalue weighted by Gasteiger charge is 2.25. The molecule has 1 aliphatic heterocycles. The molecule has 2 aromatic heterocycles. The Labute approximate surface area is 159 Å². The average Bonchev–Trinajstić information content (AvgIpc) is 3.36. The third-order valence-electron chi connectivity index (χ3n) is 4.32. The minimum Gasteiger partial charge on any atom is -0.497 e. The van der Waals surface area contributed by atoms with Crippen molar-refractivity contribution in [2.45, 2.75) is 13.0 Å². The van der Waals surface area contributed by atoms with Gasteiger partial charge in [0.05, 0.1) is 25.6 Å². The third-order valence-corrected chi connectivity index (χ3v) is 5.32. The van der Waals surface area contributed by atoms with Crippen molar-refractivity contribution in [1.82, 2.24) is 9.88 Å². The summed E-state index contributed by atoms with van der Waals surface area (Å²) in [5.74, 6) is 0.585. The van der Waals surface area contributed by atoms with Gasteiger partial charge in [0.1, 0.15) is 5.75 Å². The summed E-state index contributed by atoms with van der Waals surface area (Å²) in [6.07, 6.45) is 2.11. The first-order chi connectivity index (χ1) is 13.1. The molecule has 3 heterocycles. The lowest BCUT2D eigenvalue weighted by Crippen LogP contribution is -2.35. The SMILES string of the molecule is COc1ccc(C(=O)N2CCc3nc(NC(=O)c4ccco4)sc3C2)cc1. The van der Waals surface area contributed by atoms with Crippen LogP contribution < -0.4 is 10.1 Å². The number of hydrogen-bond acceptors (Lipinski definition) is 6. The van der Waals surface area contributed by atoms with Gasteiger partial charge in [-0.2, -0.15) is 0 Å². The van der Waals surface area contributed by atoms with Gasteiger partial charge in [0.2, 0.25) is 0 Å². The molecule has 0 fully saturated rings. The molecule has 0 atom stereocenters. The van der Waals surface area contributed by atoms with E-state index in [0.29, 0.717) is 36.0 Å². The van der Waals surface area contributed by atoms with E-state index in [1.54, 1.807) is 48.4 Å². The zero-order valence-electron chi connectivity index (χ0n) is 14.6. The molecule has 0 saturated heterocycles. The monoisotopic (exact) mass is 383 g/mol. The number of thiazole rings is 1. The predicted octanol–water partition coefficient (Wildman–Crippen LogP) is 3.20. The van der Waals surface area contributed by atoms with Crippen LogP contribution in [-0.4, -0.2) is 35.4 Å². The van der Waals surface area contributed by atoms with Gasteiger partial charge < -0.3 is 14.1 Å². The molecular weight excluding hydrogens is 366 g/mol. The van der Waals surface area contributed by atoms with Crippen LogP contribution in [0.2, 0.25) is 0 Å². The molecule has 0 saturated carbocycles. The summed E-state index contributed by atoms with van der Waals surface area (Å²) in [7, 11) is 1.59. The summed E-state index contributed by atoms with van der Waals surface area (Å²) in [6.45, 7) is 1.07. The largest absolute Gasteiger partial charge is 0.497 e. The van der Waals surface area contributed by atoms with Crippen LogP contribution >= 0.6 is 11.3 Å². The lowest BCUT2D eigenvalue weighted by atomic mass is 10.1. The molecule has 138 valence electrons. The van der Waals surface area contributed by atoms with Crippen molar-refractivity contribution in [3.63, 3.8) is 0 Å².